The molecule has 0 radical (unpaired) electrons. The summed E-state index contributed by atoms with van der Waals surface area (Å²) in [5.41, 5.74) is 1.12. The van der Waals surface area contributed by atoms with E-state index in [2.05, 4.69) is 0 Å². The highest BCUT2D eigenvalue weighted by Gasteiger charge is 2.44. The van der Waals surface area contributed by atoms with Crippen molar-refractivity contribution in [3.63, 3.8) is 0 Å². The molecule has 0 bridgehead atoms. The van der Waals surface area contributed by atoms with Gasteiger partial charge in [-0.05, 0) is 74.2 Å². The summed E-state index contributed by atoms with van der Waals surface area (Å²) in [6, 6.07) is 15.3. The van der Waals surface area contributed by atoms with E-state index in [1.807, 2.05) is 68.4 Å². The standard InChI is InChI=1S/C33H42O5/c1-30(2,3)23-16-20(10-13-26(23)34)19-33(29(37)38,21-11-14-27(35)24(17-21)31(4,5)6)22-12-15-28(36)25(18-22)32(7,8)9/h10-18,34-36H,19H2,1-9H3,(H,37,38). The van der Waals surface area contributed by atoms with Gasteiger partial charge in [-0.25, -0.2) is 0 Å². The van der Waals surface area contributed by atoms with Crippen LogP contribution in [0.2, 0.25) is 0 Å². The molecule has 38 heavy (non-hydrogen) atoms. The zero-order valence-corrected chi connectivity index (χ0v) is 24.1. The van der Waals surface area contributed by atoms with E-state index in [1.54, 1.807) is 48.5 Å². The molecule has 4 N–H and O–H groups in total. The van der Waals surface area contributed by atoms with Gasteiger partial charge in [0.05, 0.1) is 0 Å². The van der Waals surface area contributed by atoms with E-state index >= 15 is 0 Å². The predicted octanol–water partition coefficient (Wildman–Crippen LogP) is 7.31. The van der Waals surface area contributed by atoms with Crippen LogP contribution in [-0.2, 0) is 32.9 Å². The van der Waals surface area contributed by atoms with Gasteiger partial charge in [0.1, 0.15) is 22.7 Å². The Labute approximate surface area is 226 Å². The fourth-order valence-electron chi connectivity index (χ4n) is 5.10. The van der Waals surface area contributed by atoms with Gasteiger partial charge < -0.3 is 20.4 Å². The second kappa shape index (κ2) is 9.68. The number of carbonyl (C=O) groups is 1. The van der Waals surface area contributed by atoms with E-state index in [4.69, 9.17) is 0 Å². The predicted molar refractivity (Wildman–Crippen MR) is 153 cm³/mol. The van der Waals surface area contributed by atoms with Gasteiger partial charge in [0.15, 0.2) is 0 Å². The number of aliphatic carboxylic acids is 1. The van der Waals surface area contributed by atoms with Crippen LogP contribution < -0.4 is 0 Å². The van der Waals surface area contributed by atoms with Crippen LogP contribution in [0, 0.1) is 0 Å². The summed E-state index contributed by atoms with van der Waals surface area (Å²) in [6.45, 7) is 17.9. The van der Waals surface area contributed by atoms with Crippen LogP contribution in [-0.4, -0.2) is 26.4 Å². The number of hydrogen-bond donors (Lipinski definition) is 4. The molecule has 0 heterocycles. The minimum Gasteiger partial charge on any atom is -0.508 e. The summed E-state index contributed by atoms with van der Waals surface area (Å²) < 4.78 is 0. The molecular weight excluding hydrogens is 476 g/mol. The summed E-state index contributed by atoms with van der Waals surface area (Å²) >= 11 is 0. The Morgan fingerprint density at radius 3 is 1.26 bits per heavy atom. The minimum absolute atomic E-state index is 0.106. The molecule has 3 rings (SSSR count). The number of hydrogen-bond acceptors (Lipinski definition) is 4. The SMILES string of the molecule is CC(C)(C)c1cc(CC(C(=O)O)(c2ccc(O)c(C(C)(C)C)c2)c2ccc(O)c(C(C)(C)C)c2)ccc1O. The zero-order chi connectivity index (χ0) is 28.8. The monoisotopic (exact) mass is 518 g/mol. The van der Waals surface area contributed by atoms with Crippen molar-refractivity contribution in [3.05, 3.63) is 88.0 Å². The Kier molecular flexibility index (Phi) is 7.41. The maximum absolute atomic E-state index is 13.5. The molecule has 5 nitrogen and oxygen atoms in total. The van der Waals surface area contributed by atoms with Crippen LogP contribution in [0.1, 0.15) is 95.7 Å². The van der Waals surface area contributed by atoms with Crippen LogP contribution in [0.5, 0.6) is 17.2 Å². The summed E-state index contributed by atoms with van der Waals surface area (Å²) in [5, 5.41) is 42.9. The second-order valence-corrected chi connectivity index (χ2v) is 13.5. The molecule has 0 spiro atoms. The van der Waals surface area contributed by atoms with Crippen molar-refractivity contribution in [2.45, 2.75) is 90.4 Å². The molecule has 0 aliphatic heterocycles. The molecule has 0 amide bonds. The summed E-state index contributed by atoms with van der Waals surface area (Å²) in [7, 11) is 0. The molecule has 204 valence electrons. The molecule has 3 aromatic rings. The van der Waals surface area contributed by atoms with Crippen LogP contribution >= 0.6 is 0 Å². The van der Waals surface area contributed by atoms with Crippen molar-refractivity contribution in [2.24, 2.45) is 0 Å². The van der Waals surface area contributed by atoms with E-state index < -0.39 is 22.2 Å². The Morgan fingerprint density at radius 2 is 0.921 bits per heavy atom. The molecule has 0 aliphatic carbocycles. The number of rotatable bonds is 5. The lowest BCUT2D eigenvalue weighted by molar-refractivity contribution is -0.142. The molecule has 0 saturated carbocycles. The number of carboxylic acids is 1. The van der Waals surface area contributed by atoms with Crippen LogP contribution in [0.3, 0.4) is 0 Å². The van der Waals surface area contributed by atoms with Gasteiger partial charge in [-0.15, -0.1) is 0 Å². The lowest BCUT2D eigenvalue weighted by atomic mass is 9.67. The third kappa shape index (κ3) is 5.52. The first-order valence-electron chi connectivity index (χ1n) is 13.0. The lowest BCUT2D eigenvalue weighted by Crippen LogP contribution is -2.40. The summed E-state index contributed by atoms with van der Waals surface area (Å²) in [6.07, 6.45) is 0.106. The van der Waals surface area contributed by atoms with E-state index in [0.717, 1.165) is 11.1 Å². The Balaban J connectivity index is 2.42. The summed E-state index contributed by atoms with van der Waals surface area (Å²) in [4.78, 5) is 13.5. The number of carboxylic acid groups (broad SMARTS) is 1. The smallest absolute Gasteiger partial charge is 0.318 e. The van der Waals surface area contributed by atoms with Crippen molar-refractivity contribution >= 4 is 5.97 Å². The Morgan fingerprint density at radius 1 is 0.579 bits per heavy atom. The molecule has 5 heteroatoms. The van der Waals surface area contributed by atoms with E-state index in [-0.39, 0.29) is 29.1 Å². The van der Waals surface area contributed by atoms with Crippen molar-refractivity contribution in [2.75, 3.05) is 0 Å². The molecule has 0 aliphatic rings. The zero-order valence-electron chi connectivity index (χ0n) is 24.1. The summed E-state index contributed by atoms with van der Waals surface area (Å²) in [5.74, 6) is -0.650. The van der Waals surface area contributed by atoms with Gasteiger partial charge in [0, 0.05) is 0 Å². The lowest BCUT2D eigenvalue weighted by Gasteiger charge is -2.34. The molecule has 0 saturated heterocycles. The Hall–Kier alpha value is -3.47. The number of phenols is 3. The topological polar surface area (TPSA) is 98.0 Å². The van der Waals surface area contributed by atoms with Gasteiger partial charge in [0.2, 0.25) is 0 Å². The third-order valence-corrected chi connectivity index (χ3v) is 7.30. The molecule has 0 atom stereocenters. The van der Waals surface area contributed by atoms with Crippen molar-refractivity contribution < 1.29 is 25.2 Å². The fraction of sp³-hybridized carbons (Fsp3) is 0.424. The van der Waals surface area contributed by atoms with Gasteiger partial charge in [-0.2, -0.15) is 0 Å². The second-order valence-electron chi connectivity index (χ2n) is 13.5. The highest BCUT2D eigenvalue weighted by Crippen LogP contribution is 2.44. The highest BCUT2D eigenvalue weighted by atomic mass is 16.4. The van der Waals surface area contributed by atoms with Crippen LogP contribution in [0.4, 0.5) is 0 Å². The van der Waals surface area contributed by atoms with Gasteiger partial charge in [-0.1, -0.05) is 98.7 Å². The van der Waals surface area contributed by atoms with Crippen molar-refractivity contribution in [1.29, 1.82) is 0 Å². The first kappa shape index (κ1) is 29.1. The first-order valence-corrected chi connectivity index (χ1v) is 13.0. The molecule has 0 fully saturated rings. The van der Waals surface area contributed by atoms with Crippen molar-refractivity contribution in [3.8, 4) is 17.2 Å². The highest BCUT2D eigenvalue weighted by molar-refractivity contribution is 5.87. The van der Waals surface area contributed by atoms with E-state index in [9.17, 15) is 25.2 Å². The van der Waals surface area contributed by atoms with E-state index in [1.165, 1.54) is 0 Å². The first-order chi connectivity index (χ1) is 17.3. The van der Waals surface area contributed by atoms with Crippen LogP contribution in [0.25, 0.3) is 0 Å². The largest absolute Gasteiger partial charge is 0.508 e. The Bertz CT molecular complexity index is 1280. The molecule has 0 unspecified atom stereocenters. The maximum atomic E-state index is 13.5. The van der Waals surface area contributed by atoms with Crippen LogP contribution in [0.15, 0.2) is 54.6 Å². The maximum Gasteiger partial charge on any atom is 0.318 e. The third-order valence-electron chi connectivity index (χ3n) is 7.30. The molecule has 0 aromatic heterocycles. The van der Waals surface area contributed by atoms with Crippen molar-refractivity contribution in [1.82, 2.24) is 0 Å². The number of phenolic OH excluding ortho intramolecular Hbond substituents is 3. The number of benzene rings is 3. The quantitative estimate of drug-likeness (QED) is 0.284. The molecular formula is C33H42O5. The van der Waals surface area contributed by atoms with Gasteiger partial charge >= 0.3 is 5.97 Å². The number of aromatic hydroxyl groups is 3. The van der Waals surface area contributed by atoms with Gasteiger partial charge in [0.25, 0.3) is 0 Å². The average molecular weight is 519 g/mol. The normalized spacial score (nSPS) is 13.0. The van der Waals surface area contributed by atoms with Gasteiger partial charge in [-0.3, -0.25) is 4.79 Å². The molecule has 3 aromatic carbocycles. The fourth-order valence-corrected chi connectivity index (χ4v) is 5.10. The minimum atomic E-state index is -1.53. The van der Waals surface area contributed by atoms with E-state index in [0.29, 0.717) is 22.3 Å². The average Bonchev–Trinajstić information content (AvgIpc) is 2.77.